The Labute approximate surface area is 160 Å². The highest BCUT2D eigenvalue weighted by atomic mass is 35.5. The number of thiazole rings is 1. The highest BCUT2D eigenvalue weighted by molar-refractivity contribution is 7.24. The standard InChI is InChI=1S/C21H18ClNO2S/c1-2-25-20(24)12-11-16-17(14-7-9-15(22)10-8-14)13-23-18-5-3-4-6-19(18)26-21(16)23/h3-10,13H,2,11-12H2,1H3. The maximum absolute atomic E-state index is 11.9. The van der Waals surface area contributed by atoms with E-state index in [-0.39, 0.29) is 5.97 Å². The Kier molecular flexibility index (Phi) is 4.70. The minimum atomic E-state index is -0.157. The maximum atomic E-state index is 11.9. The molecule has 0 saturated heterocycles. The zero-order valence-electron chi connectivity index (χ0n) is 14.4. The van der Waals surface area contributed by atoms with E-state index >= 15 is 0 Å². The molecule has 0 spiro atoms. The number of para-hydroxylation sites is 1. The van der Waals surface area contributed by atoms with Gasteiger partial charge in [-0.1, -0.05) is 35.9 Å². The number of halogens is 1. The van der Waals surface area contributed by atoms with Gasteiger partial charge >= 0.3 is 5.97 Å². The van der Waals surface area contributed by atoms with Gasteiger partial charge in [0.05, 0.1) is 16.8 Å². The van der Waals surface area contributed by atoms with Crippen LogP contribution in [-0.2, 0) is 16.0 Å². The quantitative estimate of drug-likeness (QED) is 0.397. The minimum absolute atomic E-state index is 0.157. The van der Waals surface area contributed by atoms with Gasteiger partial charge in [0.2, 0.25) is 0 Å². The molecule has 0 aliphatic heterocycles. The average molecular weight is 384 g/mol. The van der Waals surface area contributed by atoms with Crippen molar-refractivity contribution in [2.75, 3.05) is 6.61 Å². The number of carbonyl (C=O) groups excluding carboxylic acids is 1. The minimum Gasteiger partial charge on any atom is -0.466 e. The molecule has 3 nitrogen and oxygen atoms in total. The van der Waals surface area contributed by atoms with Crippen LogP contribution in [0.2, 0.25) is 5.02 Å². The molecule has 0 bridgehead atoms. The van der Waals surface area contributed by atoms with Crippen molar-refractivity contribution in [3.63, 3.8) is 0 Å². The van der Waals surface area contributed by atoms with E-state index in [0.717, 1.165) is 11.1 Å². The summed E-state index contributed by atoms with van der Waals surface area (Å²) in [6.07, 6.45) is 3.19. The Morgan fingerprint density at radius 3 is 2.69 bits per heavy atom. The van der Waals surface area contributed by atoms with Crippen molar-refractivity contribution in [1.29, 1.82) is 0 Å². The summed E-state index contributed by atoms with van der Waals surface area (Å²) in [6, 6.07) is 16.2. The van der Waals surface area contributed by atoms with Crippen LogP contribution < -0.4 is 0 Å². The van der Waals surface area contributed by atoms with Crippen molar-refractivity contribution in [2.24, 2.45) is 0 Å². The maximum Gasteiger partial charge on any atom is 0.306 e. The summed E-state index contributed by atoms with van der Waals surface area (Å²) in [5, 5.41) is 0.716. The lowest BCUT2D eigenvalue weighted by atomic mass is 10.0. The summed E-state index contributed by atoms with van der Waals surface area (Å²) in [7, 11) is 0. The molecule has 0 radical (unpaired) electrons. The van der Waals surface area contributed by atoms with Crippen LogP contribution in [0, 0.1) is 0 Å². The summed E-state index contributed by atoms with van der Waals surface area (Å²) in [4.78, 5) is 13.1. The van der Waals surface area contributed by atoms with Crippen LogP contribution in [-0.4, -0.2) is 17.0 Å². The molecule has 0 atom stereocenters. The summed E-state index contributed by atoms with van der Waals surface area (Å²) in [6.45, 7) is 2.25. The number of rotatable bonds is 5. The summed E-state index contributed by atoms with van der Waals surface area (Å²) < 4.78 is 8.58. The number of benzene rings is 2. The van der Waals surface area contributed by atoms with Crippen LogP contribution in [0.1, 0.15) is 18.9 Å². The van der Waals surface area contributed by atoms with Gasteiger partial charge in [0.1, 0.15) is 4.83 Å². The Balaban J connectivity index is 1.84. The lowest BCUT2D eigenvalue weighted by molar-refractivity contribution is -0.143. The molecule has 0 fully saturated rings. The first kappa shape index (κ1) is 17.1. The highest BCUT2D eigenvalue weighted by Gasteiger charge is 2.17. The molecule has 0 amide bonds. The van der Waals surface area contributed by atoms with Gasteiger partial charge < -0.3 is 9.14 Å². The SMILES string of the molecule is CCOC(=O)CCc1c(-c2ccc(Cl)cc2)cn2c1sc1ccccc12. The third-order valence-corrected chi connectivity index (χ3v) is 5.88. The lowest BCUT2D eigenvalue weighted by Crippen LogP contribution is -2.05. The first-order valence-corrected chi connectivity index (χ1v) is 9.80. The number of hydrogen-bond acceptors (Lipinski definition) is 3. The number of fused-ring (bicyclic) bond motifs is 3. The van der Waals surface area contributed by atoms with Gasteiger partial charge in [-0.05, 0) is 48.7 Å². The Morgan fingerprint density at radius 1 is 1.15 bits per heavy atom. The number of aryl methyl sites for hydroxylation is 1. The second-order valence-corrected chi connectivity index (χ2v) is 7.55. The largest absolute Gasteiger partial charge is 0.466 e. The topological polar surface area (TPSA) is 30.7 Å². The van der Waals surface area contributed by atoms with Crippen LogP contribution in [0.3, 0.4) is 0 Å². The number of nitrogens with zero attached hydrogens (tertiary/aromatic N) is 1. The third kappa shape index (κ3) is 3.11. The van der Waals surface area contributed by atoms with E-state index in [1.54, 1.807) is 11.3 Å². The normalized spacial score (nSPS) is 11.3. The van der Waals surface area contributed by atoms with Crippen LogP contribution in [0.15, 0.2) is 54.7 Å². The molecule has 26 heavy (non-hydrogen) atoms. The molecular weight excluding hydrogens is 366 g/mol. The van der Waals surface area contributed by atoms with Gasteiger partial charge in [0, 0.05) is 23.2 Å². The number of hydrogen-bond donors (Lipinski definition) is 0. The molecular formula is C21H18ClNO2S. The smallest absolute Gasteiger partial charge is 0.306 e. The van der Waals surface area contributed by atoms with E-state index in [1.807, 2.05) is 31.2 Å². The van der Waals surface area contributed by atoms with Crippen molar-refractivity contribution in [3.8, 4) is 11.1 Å². The molecule has 4 aromatic rings. The summed E-state index contributed by atoms with van der Waals surface area (Å²) in [5.74, 6) is -0.157. The van der Waals surface area contributed by atoms with Crippen molar-refractivity contribution >= 4 is 44.0 Å². The average Bonchev–Trinajstić information content (AvgIpc) is 3.17. The molecule has 0 unspecified atom stereocenters. The monoisotopic (exact) mass is 383 g/mol. The van der Waals surface area contributed by atoms with Crippen molar-refractivity contribution in [2.45, 2.75) is 19.8 Å². The first-order valence-electron chi connectivity index (χ1n) is 8.60. The van der Waals surface area contributed by atoms with Gasteiger partial charge in [0.15, 0.2) is 0 Å². The molecule has 2 heterocycles. The number of carbonyl (C=O) groups is 1. The fraction of sp³-hybridized carbons (Fsp3) is 0.190. The molecule has 2 aromatic carbocycles. The molecule has 5 heteroatoms. The number of ether oxygens (including phenoxy) is 1. The van der Waals surface area contributed by atoms with Gasteiger partial charge in [-0.2, -0.15) is 0 Å². The van der Waals surface area contributed by atoms with Crippen LogP contribution >= 0.6 is 22.9 Å². The fourth-order valence-corrected chi connectivity index (χ4v) is 4.58. The lowest BCUT2D eigenvalue weighted by Gasteiger charge is -2.05. The molecule has 0 saturated carbocycles. The predicted octanol–water partition coefficient (Wildman–Crippen LogP) is 5.97. The first-order chi connectivity index (χ1) is 12.7. The molecule has 132 valence electrons. The van der Waals surface area contributed by atoms with E-state index in [9.17, 15) is 4.79 Å². The van der Waals surface area contributed by atoms with E-state index in [1.165, 1.54) is 20.6 Å². The molecule has 4 rings (SSSR count). The van der Waals surface area contributed by atoms with Crippen molar-refractivity contribution in [3.05, 3.63) is 65.3 Å². The van der Waals surface area contributed by atoms with Crippen LogP contribution in [0.5, 0.6) is 0 Å². The molecule has 0 N–H and O–H groups in total. The summed E-state index contributed by atoms with van der Waals surface area (Å²) in [5.41, 5.74) is 4.61. The van der Waals surface area contributed by atoms with Gasteiger partial charge in [-0.15, -0.1) is 11.3 Å². The predicted molar refractivity (Wildman–Crippen MR) is 108 cm³/mol. The van der Waals surface area contributed by atoms with Crippen LogP contribution in [0.4, 0.5) is 0 Å². The van der Waals surface area contributed by atoms with Crippen LogP contribution in [0.25, 0.3) is 26.2 Å². The highest BCUT2D eigenvalue weighted by Crippen LogP contribution is 2.37. The zero-order chi connectivity index (χ0) is 18.1. The number of aromatic nitrogens is 1. The number of esters is 1. The van der Waals surface area contributed by atoms with Crippen molar-refractivity contribution < 1.29 is 9.53 Å². The fourth-order valence-electron chi connectivity index (χ4n) is 3.24. The van der Waals surface area contributed by atoms with E-state index < -0.39 is 0 Å². The summed E-state index contributed by atoms with van der Waals surface area (Å²) >= 11 is 7.80. The Hall–Kier alpha value is -2.30. The van der Waals surface area contributed by atoms with Gasteiger partial charge in [-0.25, -0.2) is 0 Å². The molecule has 0 aliphatic carbocycles. The van der Waals surface area contributed by atoms with E-state index in [2.05, 4.69) is 34.9 Å². The Bertz CT molecular complexity index is 1080. The Morgan fingerprint density at radius 2 is 1.92 bits per heavy atom. The van der Waals surface area contributed by atoms with Gasteiger partial charge in [-0.3, -0.25) is 4.79 Å². The molecule has 0 aliphatic rings. The van der Waals surface area contributed by atoms with Gasteiger partial charge in [0.25, 0.3) is 0 Å². The third-order valence-electron chi connectivity index (χ3n) is 4.43. The van der Waals surface area contributed by atoms with Crippen molar-refractivity contribution in [1.82, 2.24) is 4.40 Å². The molecule has 2 aromatic heterocycles. The van der Waals surface area contributed by atoms with E-state index in [4.69, 9.17) is 16.3 Å². The second kappa shape index (κ2) is 7.14. The van der Waals surface area contributed by atoms with E-state index in [0.29, 0.717) is 24.5 Å². The second-order valence-electron chi connectivity index (χ2n) is 6.08. The zero-order valence-corrected chi connectivity index (χ0v) is 15.9.